The van der Waals surface area contributed by atoms with Crippen LogP contribution in [0, 0.1) is 0 Å². The average Bonchev–Trinajstić information content (AvgIpc) is 2.38. The van der Waals surface area contributed by atoms with Crippen LogP contribution in [0.4, 0.5) is 0 Å². The highest BCUT2D eigenvalue weighted by molar-refractivity contribution is 9.10. The van der Waals surface area contributed by atoms with Gasteiger partial charge in [-0.3, -0.25) is 4.79 Å². The van der Waals surface area contributed by atoms with Crippen LogP contribution in [-0.2, 0) is 4.79 Å². The lowest BCUT2D eigenvalue weighted by Crippen LogP contribution is -2.50. The van der Waals surface area contributed by atoms with Gasteiger partial charge in [-0.2, -0.15) is 11.8 Å². The fourth-order valence-corrected chi connectivity index (χ4v) is 3.66. The zero-order chi connectivity index (χ0) is 14.0. The highest BCUT2D eigenvalue weighted by Gasteiger charge is 2.33. The van der Waals surface area contributed by atoms with Gasteiger partial charge >= 0.3 is 5.97 Å². The molecule has 1 N–H and O–H groups in total. The van der Waals surface area contributed by atoms with Gasteiger partial charge < -0.3 is 10.0 Å². The predicted octanol–water partition coefficient (Wildman–Crippen LogP) is 2.74. The number of hydrogen-bond acceptors (Lipinski definition) is 3. The number of carbonyl (C=O) groups is 2. The van der Waals surface area contributed by atoms with Crippen LogP contribution in [0.2, 0.25) is 5.02 Å². The van der Waals surface area contributed by atoms with Crippen LogP contribution < -0.4 is 0 Å². The van der Waals surface area contributed by atoms with Crippen LogP contribution >= 0.6 is 39.3 Å². The highest BCUT2D eigenvalue weighted by atomic mass is 79.9. The molecule has 0 saturated carbocycles. The second-order valence-corrected chi connectivity index (χ2v) is 6.52. The van der Waals surface area contributed by atoms with Crippen LogP contribution in [0.3, 0.4) is 0 Å². The predicted molar refractivity (Wildman–Crippen MR) is 78.9 cm³/mol. The van der Waals surface area contributed by atoms with Crippen molar-refractivity contribution in [1.29, 1.82) is 0 Å². The molecule has 1 unspecified atom stereocenters. The Morgan fingerprint density at radius 1 is 1.47 bits per heavy atom. The Bertz CT molecular complexity index is 526. The molecule has 0 bridgehead atoms. The van der Waals surface area contributed by atoms with Gasteiger partial charge in [0.2, 0.25) is 0 Å². The van der Waals surface area contributed by atoms with Gasteiger partial charge in [0.15, 0.2) is 0 Å². The van der Waals surface area contributed by atoms with E-state index in [1.807, 2.05) is 0 Å². The molecule has 1 aliphatic heterocycles. The van der Waals surface area contributed by atoms with E-state index in [2.05, 4.69) is 15.9 Å². The molecule has 1 aromatic carbocycles. The summed E-state index contributed by atoms with van der Waals surface area (Å²) in [6.45, 7) is 0.423. The van der Waals surface area contributed by atoms with Gasteiger partial charge in [0, 0.05) is 22.5 Å². The van der Waals surface area contributed by atoms with Gasteiger partial charge in [-0.05, 0) is 18.2 Å². The fraction of sp³-hybridized carbons (Fsp3) is 0.333. The minimum atomic E-state index is -0.978. The summed E-state index contributed by atoms with van der Waals surface area (Å²) in [4.78, 5) is 25.0. The SMILES string of the molecule is O=C(O)C1CSCCN1C(=O)c1ccc(Br)cc1Cl. The highest BCUT2D eigenvalue weighted by Crippen LogP contribution is 2.25. The van der Waals surface area contributed by atoms with Crippen LogP contribution in [0.5, 0.6) is 0 Å². The van der Waals surface area contributed by atoms with Crippen molar-refractivity contribution >= 4 is 51.2 Å². The Balaban J connectivity index is 2.28. The molecule has 1 heterocycles. The monoisotopic (exact) mass is 363 g/mol. The van der Waals surface area contributed by atoms with E-state index < -0.39 is 12.0 Å². The number of aliphatic carboxylic acids is 1. The van der Waals surface area contributed by atoms with E-state index in [9.17, 15) is 14.7 Å². The minimum Gasteiger partial charge on any atom is -0.480 e. The summed E-state index contributed by atoms with van der Waals surface area (Å²) in [5, 5.41) is 9.49. The van der Waals surface area contributed by atoms with Crippen molar-refractivity contribution in [1.82, 2.24) is 4.90 Å². The van der Waals surface area contributed by atoms with Crippen LogP contribution in [0.15, 0.2) is 22.7 Å². The fourth-order valence-electron chi connectivity index (χ4n) is 1.87. The zero-order valence-electron chi connectivity index (χ0n) is 9.81. The number of carbonyl (C=O) groups excluding carboxylic acids is 1. The molecule has 1 amide bonds. The standard InChI is InChI=1S/C12H11BrClNO3S/c13-7-1-2-8(9(14)5-7)11(16)15-3-4-19-6-10(15)12(17)18/h1-2,5,10H,3-4,6H2,(H,17,18). The second-order valence-electron chi connectivity index (χ2n) is 4.05. The Kier molecular flexibility index (Phi) is 4.76. The molecule has 0 spiro atoms. The molecule has 102 valence electrons. The van der Waals surface area contributed by atoms with Crippen molar-refractivity contribution < 1.29 is 14.7 Å². The number of rotatable bonds is 2. The number of halogens is 2. The summed E-state index contributed by atoms with van der Waals surface area (Å²) in [6.07, 6.45) is 0. The van der Waals surface area contributed by atoms with Gasteiger partial charge in [-0.25, -0.2) is 4.79 Å². The number of thioether (sulfide) groups is 1. The van der Waals surface area contributed by atoms with Crippen LogP contribution in [0.25, 0.3) is 0 Å². The van der Waals surface area contributed by atoms with Crippen LogP contribution in [0.1, 0.15) is 10.4 Å². The number of nitrogens with zero attached hydrogens (tertiary/aromatic N) is 1. The second kappa shape index (κ2) is 6.15. The first-order valence-corrected chi connectivity index (χ1v) is 7.90. The number of hydrogen-bond donors (Lipinski definition) is 1. The summed E-state index contributed by atoms with van der Waals surface area (Å²) >= 11 is 10.8. The molecule has 19 heavy (non-hydrogen) atoms. The van der Waals surface area contributed by atoms with Gasteiger partial charge in [0.05, 0.1) is 10.6 Å². The first kappa shape index (κ1) is 14.7. The minimum absolute atomic E-state index is 0.321. The summed E-state index contributed by atoms with van der Waals surface area (Å²) in [5.74, 6) is -0.155. The topological polar surface area (TPSA) is 57.6 Å². The summed E-state index contributed by atoms with van der Waals surface area (Å²) in [5.41, 5.74) is 0.336. The summed E-state index contributed by atoms with van der Waals surface area (Å²) < 4.78 is 0.776. The molecule has 1 aromatic rings. The molecule has 0 aromatic heterocycles. The lowest BCUT2D eigenvalue weighted by molar-refractivity contribution is -0.141. The average molecular weight is 365 g/mol. The van der Waals surface area contributed by atoms with Crippen molar-refractivity contribution in [2.24, 2.45) is 0 Å². The maximum Gasteiger partial charge on any atom is 0.327 e. The van der Waals surface area contributed by atoms with Gasteiger partial charge in [0.25, 0.3) is 5.91 Å². The lowest BCUT2D eigenvalue weighted by atomic mass is 10.1. The Hall–Kier alpha value is -0.720. The van der Waals surface area contributed by atoms with Crippen LogP contribution in [-0.4, -0.2) is 46.0 Å². The van der Waals surface area contributed by atoms with Gasteiger partial charge in [-0.15, -0.1) is 0 Å². The number of benzene rings is 1. The molecule has 1 saturated heterocycles. The summed E-state index contributed by atoms with van der Waals surface area (Å²) in [7, 11) is 0. The normalized spacial score (nSPS) is 19.3. The van der Waals surface area contributed by atoms with E-state index in [1.165, 1.54) is 16.7 Å². The molecule has 7 heteroatoms. The number of amides is 1. The van der Waals surface area contributed by atoms with E-state index in [4.69, 9.17) is 11.6 Å². The van der Waals surface area contributed by atoms with E-state index in [0.717, 1.165) is 10.2 Å². The van der Waals surface area contributed by atoms with E-state index >= 15 is 0 Å². The van der Waals surface area contributed by atoms with E-state index in [0.29, 0.717) is 22.9 Å². The van der Waals surface area contributed by atoms with Gasteiger partial charge in [-0.1, -0.05) is 27.5 Å². The van der Waals surface area contributed by atoms with Crippen molar-refractivity contribution in [3.05, 3.63) is 33.3 Å². The molecule has 1 fully saturated rings. The molecule has 2 rings (SSSR count). The Labute approximate surface area is 128 Å². The molecular weight excluding hydrogens is 354 g/mol. The van der Waals surface area contributed by atoms with Crippen molar-refractivity contribution in [3.8, 4) is 0 Å². The van der Waals surface area contributed by atoms with Gasteiger partial charge in [0.1, 0.15) is 6.04 Å². The van der Waals surface area contributed by atoms with E-state index in [-0.39, 0.29) is 5.91 Å². The first-order valence-electron chi connectivity index (χ1n) is 5.57. The Morgan fingerprint density at radius 2 is 2.21 bits per heavy atom. The number of carboxylic acids is 1. The van der Waals surface area contributed by atoms with Crippen molar-refractivity contribution in [3.63, 3.8) is 0 Å². The quantitative estimate of drug-likeness (QED) is 0.876. The zero-order valence-corrected chi connectivity index (χ0v) is 13.0. The molecular formula is C12H11BrClNO3S. The molecule has 0 radical (unpaired) electrons. The largest absolute Gasteiger partial charge is 0.480 e. The first-order chi connectivity index (χ1) is 9.00. The van der Waals surface area contributed by atoms with Crippen molar-refractivity contribution in [2.75, 3.05) is 18.1 Å². The molecule has 4 nitrogen and oxygen atoms in total. The number of carboxylic acid groups (broad SMARTS) is 1. The molecule has 1 aliphatic rings. The maximum absolute atomic E-state index is 12.4. The molecule has 0 aliphatic carbocycles. The van der Waals surface area contributed by atoms with E-state index in [1.54, 1.807) is 18.2 Å². The summed E-state index contributed by atoms with van der Waals surface area (Å²) in [6, 6.07) is 4.16. The Morgan fingerprint density at radius 3 is 2.84 bits per heavy atom. The lowest BCUT2D eigenvalue weighted by Gasteiger charge is -2.32. The maximum atomic E-state index is 12.4. The molecule has 1 atom stereocenters. The third-order valence-electron chi connectivity index (χ3n) is 2.84. The third kappa shape index (κ3) is 3.24. The van der Waals surface area contributed by atoms with Crippen molar-refractivity contribution in [2.45, 2.75) is 6.04 Å². The third-order valence-corrected chi connectivity index (χ3v) is 4.66. The smallest absolute Gasteiger partial charge is 0.327 e.